The smallest absolute Gasteiger partial charge is 0.257 e. The summed E-state index contributed by atoms with van der Waals surface area (Å²) in [5.41, 5.74) is 2.54. The first-order chi connectivity index (χ1) is 13.5. The number of methoxy groups -OCH3 is 1. The number of rotatable bonds is 6. The van der Waals surface area contributed by atoms with Gasteiger partial charge < -0.3 is 14.8 Å². The number of amides is 1. The predicted octanol–water partition coefficient (Wildman–Crippen LogP) is 5.28. The quantitative estimate of drug-likeness (QED) is 0.632. The van der Waals surface area contributed by atoms with Gasteiger partial charge in [0.15, 0.2) is 0 Å². The van der Waals surface area contributed by atoms with Crippen LogP contribution >= 0.6 is 0 Å². The third-order valence-electron chi connectivity index (χ3n) is 4.28. The van der Waals surface area contributed by atoms with Crippen LogP contribution in [-0.2, 0) is 4.74 Å². The molecular weight excluding hydrogens is 359 g/mol. The molecule has 1 atom stereocenters. The highest BCUT2D eigenvalue weighted by atomic mass is 19.1. The van der Waals surface area contributed by atoms with Crippen LogP contribution in [0.15, 0.2) is 60.7 Å². The highest BCUT2D eigenvalue weighted by molar-refractivity contribution is 6.05. The number of anilines is 1. The van der Waals surface area contributed by atoms with Crippen LogP contribution in [0.1, 0.15) is 34.8 Å². The van der Waals surface area contributed by atoms with Gasteiger partial charge in [-0.25, -0.2) is 4.39 Å². The van der Waals surface area contributed by atoms with E-state index in [1.54, 1.807) is 62.6 Å². The molecule has 3 aromatic rings. The van der Waals surface area contributed by atoms with E-state index in [1.165, 1.54) is 12.1 Å². The molecule has 144 valence electrons. The largest absolute Gasteiger partial charge is 0.457 e. The molecule has 0 spiro atoms. The van der Waals surface area contributed by atoms with Gasteiger partial charge in [0, 0.05) is 12.8 Å². The van der Waals surface area contributed by atoms with E-state index in [2.05, 4.69) is 10.3 Å². The van der Waals surface area contributed by atoms with Crippen LogP contribution in [0.4, 0.5) is 10.1 Å². The van der Waals surface area contributed by atoms with Crippen molar-refractivity contribution in [2.45, 2.75) is 20.0 Å². The van der Waals surface area contributed by atoms with Crippen molar-refractivity contribution in [1.82, 2.24) is 4.98 Å². The van der Waals surface area contributed by atoms with Crippen molar-refractivity contribution >= 4 is 11.6 Å². The third-order valence-corrected chi connectivity index (χ3v) is 4.28. The highest BCUT2D eigenvalue weighted by Crippen LogP contribution is 2.24. The van der Waals surface area contributed by atoms with Crippen LogP contribution in [-0.4, -0.2) is 18.0 Å². The fraction of sp³-hybridized carbons (Fsp3) is 0.182. The molecule has 0 saturated heterocycles. The van der Waals surface area contributed by atoms with E-state index in [0.717, 1.165) is 5.69 Å². The van der Waals surface area contributed by atoms with Gasteiger partial charge in [-0.3, -0.25) is 9.78 Å². The van der Waals surface area contributed by atoms with E-state index in [-0.39, 0.29) is 17.8 Å². The Morgan fingerprint density at radius 1 is 1.00 bits per heavy atom. The SMILES string of the molecule is COC(C)c1ccc(C(=O)Nc2ccc(Oc3ccc(F)cc3)cc2)c(C)n1. The summed E-state index contributed by atoms with van der Waals surface area (Å²) in [6.07, 6.45) is -0.135. The van der Waals surface area contributed by atoms with Crippen molar-refractivity contribution in [3.63, 3.8) is 0 Å². The fourth-order valence-corrected chi connectivity index (χ4v) is 2.61. The Hall–Kier alpha value is -3.25. The zero-order valence-electron chi connectivity index (χ0n) is 15.9. The molecule has 3 rings (SSSR count). The third kappa shape index (κ3) is 4.72. The van der Waals surface area contributed by atoms with E-state index in [4.69, 9.17) is 9.47 Å². The van der Waals surface area contributed by atoms with Gasteiger partial charge in [0.2, 0.25) is 0 Å². The number of nitrogens with zero attached hydrogens (tertiary/aromatic N) is 1. The minimum atomic E-state index is -0.320. The Balaban J connectivity index is 1.66. The van der Waals surface area contributed by atoms with Crippen LogP contribution in [0.5, 0.6) is 11.5 Å². The summed E-state index contributed by atoms with van der Waals surface area (Å²) in [6, 6.07) is 16.2. The molecule has 1 aromatic heterocycles. The van der Waals surface area contributed by atoms with Crippen molar-refractivity contribution in [2.75, 3.05) is 12.4 Å². The van der Waals surface area contributed by atoms with E-state index in [1.807, 2.05) is 6.92 Å². The van der Waals surface area contributed by atoms with Crippen LogP contribution in [0.3, 0.4) is 0 Å². The first-order valence-corrected chi connectivity index (χ1v) is 8.81. The number of nitrogens with one attached hydrogen (secondary N) is 1. The Bertz CT molecular complexity index is 957. The average Bonchev–Trinajstić information content (AvgIpc) is 2.70. The fourth-order valence-electron chi connectivity index (χ4n) is 2.61. The highest BCUT2D eigenvalue weighted by Gasteiger charge is 2.13. The molecule has 6 heteroatoms. The number of aromatic nitrogens is 1. The Morgan fingerprint density at radius 3 is 2.18 bits per heavy atom. The molecule has 0 aliphatic heterocycles. The van der Waals surface area contributed by atoms with Gasteiger partial charge in [-0.2, -0.15) is 0 Å². The van der Waals surface area contributed by atoms with Gasteiger partial charge in [-0.15, -0.1) is 0 Å². The van der Waals surface area contributed by atoms with E-state index >= 15 is 0 Å². The molecule has 0 fully saturated rings. The maximum absolute atomic E-state index is 12.9. The van der Waals surface area contributed by atoms with Crippen molar-refractivity contribution in [3.05, 3.63) is 83.4 Å². The van der Waals surface area contributed by atoms with Crippen molar-refractivity contribution in [2.24, 2.45) is 0 Å². The number of ether oxygens (including phenoxy) is 2. The minimum absolute atomic E-state index is 0.135. The molecule has 0 aliphatic rings. The summed E-state index contributed by atoms with van der Waals surface area (Å²) in [6.45, 7) is 3.69. The molecule has 28 heavy (non-hydrogen) atoms. The molecule has 5 nitrogen and oxygen atoms in total. The zero-order valence-corrected chi connectivity index (χ0v) is 15.9. The summed E-state index contributed by atoms with van der Waals surface area (Å²) in [4.78, 5) is 17.0. The molecule has 0 aliphatic carbocycles. The average molecular weight is 380 g/mol. The lowest BCUT2D eigenvalue weighted by Crippen LogP contribution is -2.15. The number of carbonyl (C=O) groups excluding carboxylic acids is 1. The molecule has 0 bridgehead atoms. The van der Waals surface area contributed by atoms with Gasteiger partial charge in [0.05, 0.1) is 23.1 Å². The summed E-state index contributed by atoms with van der Waals surface area (Å²) >= 11 is 0. The molecule has 0 saturated carbocycles. The lowest BCUT2D eigenvalue weighted by molar-refractivity contribution is 0.102. The Morgan fingerprint density at radius 2 is 1.61 bits per heavy atom. The molecule has 2 aromatic carbocycles. The lowest BCUT2D eigenvalue weighted by atomic mass is 10.1. The van der Waals surface area contributed by atoms with Crippen LogP contribution in [0.25, 0.3) is 0 Å². The number of pyridine rings is 1. The minimum Gasteiger partial charge on any atom is -0.457 e. The van der Waals surface area contributed by atoms with Gasteiger partial charge in [0.1, 0.15) is 17.3 Å². The zero-order chi connectivity index (χ0) is 20.1. The Labute approximate surface area is 163 Å². The van der Waals surface area contributed by atoms with Crippen LogP contribution in [0, 0.1) is 12.7 Å². The second-order valence-corrected chi connectivity index (χ2v) is 6.28. The van der Waals surface area contributed by atoms with Gasteiger partial charge in [0.25, 0.3) is 5.91 Å². The number of hydrogen-bond donors (Lipinski definition) is 1. The normalized spacial score (nSPS) is 11.7. The van der Waals surface area contributed by atoms with Gasteiger partial charge in [-0.05, 0) is 74.5 Å². The van der Waals surface area contributed by atoms with Crippen LogP contribution in [0.2, 0.25) is 0 Å². The summed E-state index contributed by atoms with van der Waals surface area (Å²) in [5, 5.41) is 2.84. The number of halogens is 1. The second kappa shape index (κ2) is 8.63. The van der Waals surface area contributed by atoms with Crippen molar-refractivity contribution in [3.8, 4) is 11.5 Å². The molecular formula is C22H21FN2O3. The Kier molecular flexibility index (Phi) is 6.01. The first kappa shape index (κ1) is 19.5. The summed E-state index contributed by atoms with van der Waals surface area (Å²) < 4.78 is 23.8. The predicted molar refractivity (Wildman–Crippen MR) is 105 cm³/mol. The molecule has 1 amide bonds. The molecule has 1 N–H and O–H groups in total. The van der Waals surface area contributed by atoms with Gasteiger partial charge >= 0.3 is 0 Å². The van der Waals surface area contributed by atoms with E-state index in [0.29, 0.717) is 28.4 Å². The number of hydrogen-bond acceptors (Lipinski definition) is 4. The maximum Gasteiger partial charge on any atom is 0.257 e. The van der Waals surface area contributed by atoms with Gasteiger partial charge in [-0.1, -0.05) is 0 Å². The number of carbonyl (C=O) groups is 1. The molecule has 1 heterocycles. The van der Waals surface area contributed by atoms with E-state index in [9.17, 15) is 9.18 Å². The second-order valence-electron chi connectivity index (χ2n) is 6.28. The number of aryl methyl sites for hydroxylation is 1. The number of benzene rings is 2. The topological polar surface area (TPSA) is 60.5 Å². The van der Waals surface area contributed by atoms with Crippen molar-refractivity contribution < 1.29 is 18.7 Å². The molecule has 0 radical (unpaired) electrons. The summed E-state index contributed by atoms with van der Waals surface area (Å²) in [5.74, 6) is 0.555. The van der Waals surface area contributed by atoms with Crippen molar-refractivity contribution in [1.29, 1.82) is 0 Å². The monoisotopic (exact) mass is 380 g/mol. The molecule has 1 unspecified atom stereocenters. The standard InChI is InChI=1S/C22H21FN2O3/c1-14-20(12-13-21(24-14)15(2)27-3)22(26)25-17-6-10-19(11-7-17)28-18-8-4-16(23)5-9-18/h4-13,15H,1-3H3,(H,25,26). The van der Waals surface area contributed by atoms with E-state index < -0.39 is 0 Å². The summed E-state index contributed by atoms with van der Waals surface area (Å²) in [7, 11) is 1.62. The van der Waals surface area contributed by atoms with Crippen LogP contribution < -0.4 is 10.1 Å². The first-order valence-electron chi connectivity index (χ1n) is 8.81. The lowest BCUT2D eigenvalue weighted by Gasteiger charge is -2.12. The maximum atomic E-state index is 12.9.